The molecule has 1 aliphatic carbocycles. The van der Waals surface area contributed by atoms with Gasteiger partial charge in [-0.1, -0.05) is 153 Å². The first kappa shape index (κ1) is 42.9. The minimum Gasteiger partial charge on any atom is -0.376 e. The Morgan fingerprint density at radius 3 is 1.24 bits per heavy atom. The highest BCUT2D eigenvalue weighted by molar-refractivity contribution is 4.93. The number of unbranched alkanes of at least 4 members (excludes halogenated alkanes) is 18. The molecular formula is C44H80O2. The van der Waals surface area contributed by atoms with Gasteiger partial charge in [0.25, 0.3) is 0 Å². The van der Waals surface area contributed by atoms with Crippen molar-refractivity contribution in [2.75, 3.05) is 13.2 Å². The molecule has 0 aromatic heterocycles. The normalized spacial score (nSPS) is 19.2. The molecular weight excluding hydrogens is 560 g/mol. The van der Waals surface area contributed by atoms with Gasteiger partial charge in [-0.15, -0.1) is 0 Å². The lowest BCUT2D eigenvalue weighted by Gasteiger charge is -2.35. The van der Waals surface area contributed by atoms with Gasteiger partial charge in [0.15, 0.2) is 0 Å². The molecule has 268 valence electrons. The molecule has 1 fully saturated rings. The molecule has 3 atom stereocenters. The van der Waals surface area contributed by atoms with Crippen LogP contribution in [0.2, 0.25) is 0 Å². The summed E-state index contributed by atoms with van der Waals surface area (Å²) in [5.41, 5.74) is 0. The van der Waals surface area contributed by atoms with Gasteiger partial charge in [-0.2, -0.15) is 0 Å². The fourth-order valence-corrected chi connectivity index (χ4v) is 6.57. The number of allylic oxidation sites excluding steroid dienone is 8. The Morgan fingerprint density at radius 2 is 0.804 bits per heavy atom. The molecule has 0 saturated heterocycles. The van der Waals surface area contributed by atoms with E-state index in [1.165, 1.54) is 167 Å². The van der Waals surface area contributed by atoms with Gasteiger partial charge in [0, 0.05) is 13.2 Å². The average Bonchev–Trinajstić information content (AvgIpc) is 3.07. The van der Waals surface area contributed by atoms with E-state index in [0.29, 0.717) is 12.2 Å². The van der Waals surface area contributed by atoms with Crippen molar-refractivity contribution in [3.05, 3.63) is 48.6 Å². The second-order valence-electron chi connectivity index (χ2n) is 14.1. The van der Waals surface area contributed by atoms with Crippen LogP contribution in [0.5, 0.6) is 0 Å². The van der Waals surface area contributed by atoms with Crippen molar-refractivity contribution >= 4 is 0 Å². The Balaban J connectivity index is 2.00. The maximum Gasteiger partial charge on any atom is 0.0839 e. The van der Waals surface area contributed by atoms with Crippen LogP contribution in [0.3, 0.4) is 0 Å². The first-order chi connectivity index (χ1) is 22.8. The van der Waals surface area contributed by atoms with Gasteiger partial charge < -0.3 is 9.47 Å². The van der Waals surface area contributed by atoms with Crippen molar-refractivity contribution in [3.63, 3.8) is 0 Å². The van der Waals surface area contributed by atoms with E-state index in [4.69, 9.17) is 9.47 Å². The van der Waals surface area contributed by atoms with Gasteiger partial charge in [0.1, 0.15) is 0 Å². The van der Waals surface area contributed by atoms with Gasteiger partial charge in [-0.25, -0.2) is 0 Å². The third-order valence-electron chi connectivity index (χ3n) is 9.77. The molecule has 46 heavy (non-hydrogen) atoms. The van der Waals surface area contributed by atoms with E-state index in [0.717, 1.165) is 32.0 Å². The second kappa shape index (κ2) is 35.2. The van der Waals surface area contributed by atoms with E-state index in [1.54, 1.807) is 0 Å². The molecule has 1 saturated carbocycles. The Kier molecular flexibility index (Phi) is 32.8. The third-order valence-corrected chi connectivity index (χ3v) is 9.77. The maximum absolute atomic E-state index is 6.48. The summed E-state index contributed by atoms with van der Waals surface area (Å²) in [6.07, 6.45) is 55.5. The Hall–Kier alpha value is -1.12. The van der Waals surface area contributed by atoms with Crippen molar-refractivity contribution in [2.45, 2.75) is 213 Å². The zero-order valence-electron chi connectivity index (χ0n) is 31.4. The third kappa shape index (κ3) is 27.9. The van der Waals surface area contributed by atoms with Gasteiger partial charge in [0.2, 0.25) is 0 Å². The van der Waals surface area contributed by atoms with Gasteiger partial charge in [0.05, 0.1) is 12.2 Å². The number of ether oxygens (including phenoxy) is 2. The minimum absolute atomic E-state index is 0.321. The van der Waals surface area contributed by atoms with E-state index < -0.39 is 0 Å². The summed E-state index contributed by atoms with van der Waals surface area (Å²) in [5, 5.41) is 0. The van der Waals surface area contributed by atoms with Crippen LogP contribution in [0.4, 0.5) is 0 Å². The molecule has 0 spiro atoms. The lowest BCUT2D eigenvalue weighted by Crippen LogP contribution is -2.38. The van der Waals surface area contributed by atoms with Crippen molar-refractivity contribution in [3.8, 4) is 0 Å². The SMILES string of the molecule is CCCCC/C=C\C/C=C\CCCCCCCCO[C@H]1CC[C@@H](CC)C[C@H]1OCCCCCCCC/C=C\C/C=C\CCCCC. The highest BCUT2D eigenvalue weighted by Crippen LogP contribution is 2.31. The molecule has 0 aromatic carbocycles. The van der Waals surface area contributed by atoms with Gasteiger partial charge >= 0.3 is 0 Å². The first-order valence-electron chi connectivity index (χ1n) is 20.6. The minimum atomic E-state index is 0.321. The van der Waals surface area contributed by atoms with E-state index in [-0.39, 0.29) is 0 Å². The highest BCUT2D eigenvalue weighted by Gasteiger charge is 2.31. The lowest BCUT2D eigenvalue weighted by atomic mass is 9.83. The maximum atomic E-state index is 6.48. The van der Waals surface area contributed by atoms with Crippen molar-refractivity contribution in [2.24, 2.45) is 5.92 Å². The van der Waals surface area contributed by atoms with Crippen LogP contribution in [0, 0.1) is 5.92 Å². The summed E-state index contributed by atoms with van der Waals surface area (Å²) in [6, 6.07) is 0. The molecule has 0 N–H and O–H groups in total. The average molecular weight is 641 g/mol. The Labute approximate surface area is 289 Å². The summed E-state index contributed by atoms with van der Waals surface area (Å²) in [6.45, 7) is 8.72. The largest absolute Gasteiger partial charge is 0.376 e. The topological polar surface area (TPSA) is 18.5 Å². The monoisotopic (exact) mass is 641 g/mol. The molecule has 2 heteroatoms. The van der Waals surface area contributed by atoms with Crippen LogP contribution in [0.15, 0.2) is 48.6 Å². The molecule has 0 unspecified atom stereocenters. The van der Waals surface area contributed by atoms with E-state index >= 15 is 0 Å². The fourth-order valence-electron chi connectivity index (χ4n) is 6.57. The van der Waals surface area contributed by atoms with Crippen molar-refractivity contribution in [1.82, 2.24) is 0 Å². The Morgan fingerprint density at radius 1 is 0.413 bits per heavy atom. The first-order valence-corrected chi connectivity index (χ1v) is 20.6. The zero-order valence-corrected chi connectivity index (χ0v) is 31.4. The predicted octanol–water partition coefficient (Wildman–Crippen LogP) is 14.6. The number of hydrogen-bond donors (Lipinski definition) is 0. The highest BCUT2D eigenvalue weighted by atomic mass is 16.5. The van der Waals surface area contributed by atoms with Gasteiger partial charge in [-0.3, -0.25) is 0 Å². The van der Waals surface area contributed by atoms with E-state index in [2.05, 4.69) is 69.4 Å². The molecule has 1 aliphatic rings. The molecule has 0 aliphatic heterocycles. The van der Waals surface area contributed by atoms with Crippen LogP contribution in [0.25, 0.3) is 0 Å². The summed E-state index contributed by atoms with van der Waals surface area (Å²) < 4.78 is 12.9. The molecule has 0 bridgehead atoms. The number of rotatable bonds is 33. The zero-order chi connectivity index (χ0) is 33.0. The van der Waals surface area contributed by atoms with Crippen LogP contribution < -0.4 is 0 Å². The van der Waals surface area contributed by atoms with E-state index in [1.807, 2.05) is 0 Å². The number of hydrogen-bond acceptors (Lipinski definition) is 2. The van der Waals surface area contributed by atoms with Crippen molar-refractivity contribution in [1.29, 1.82) is 0 Å². The molecule has 0 heterocycles. The van der Waals surface area contributed by atoms with E-state index in [9.17, 15) is 0 Å². The molecule has 2 nitrogen and oxygen atoms in total. The summed E-state index contributed by atoms with van der Waals surface area (Å²) in [4.78, 5) is 0. The predicted molar refractivity (Wildman–Crippen MR) is 206 cm³/mol. The molecule has 1 rings (SSSR count). The second-order valence-corrected chi connectivity index (χ2v) is 14.1. The molecule has 0 radical (unpaired) electrons. The fraction of sp³-hybridized carbons (Fsp3) is 0.818. The summed E-state index contributed by atoms with van der Waals surface area (Å²) in [7, 11) is 0. The van der Waals surface area contributed by atoms with Crippen LogP contribution >= 0.6 is 0 Å². The van der Waals surface area contributed by atoms with Crippen molar-refractivity contribution < 1.29 is 9.47 Å². The molecule has 0 aromatic rings. The summed E-state index contributed by atoms with van der Waals surface area (Å²) in [5.74, 6) is 0.822. The Bertz CT molecular complexity index is 719. The van der Waals surface area contributed by atoms with Gasteiger partial charge in [-0.05, 0) is 102 Å². The quantitative estimate of drug-likeness (QED) is 0.0525. The standard InChI is InChI=1S/C44H80O2/c1-4-7-9-11-13-15-17-19-21-23-25-27-29-31-33-35-39-45-43-38-37-42(6-3)41-44(43)46-40-36-34-32-30-28-26-24-22-20-18-16-14-12-10-8-5-2/h13-16,19-22,42-44H,4-12,17-18,23-41H2,1-3H3/b15-13-,16-14-,21-19-,22-20-/t42-,43+,44-/m1/s1. The van der Waals surface area contributed by atoms with Crippen LogP contribution in [-0.4, -0.2) is 25.4 Å². The molecule has 0 amide bonds. The smallest absolute Gasteiger partial charge is 0.0839 e. The van der Waals surface area contributed by atoms with Crippen LogP contribution in [-0.2, 0) is 9.47 Å². The van der Waals surface area contributed by atoms with Crippen LogP contribution in [0.1, 0.15) is 201 Å². The lowest BCUT2D eigenvalue weighted by molar-refractivity contribution is -0.104. The summed E-state index contributed by atoms with van der Waals surface area (Å²) >= 11 is 0.